The zero-order valence-corrected chi connectivity index (χ0v) is 8.75. The second-order valence-corrected chi connectivity index (χ2v) is 3.23. The predicted octanol–water partition coefficient (Wildman–Crippen LogP) is 0.0920. The largest absolute Gasteiger partial charge is 0.468 e. The number of methoxy groups -OCH3 is 1. The maximum absolute atomic E-state index is 11.1. The third-order valence-corrected chi connectivity index (χ3v) is 2.19. The number of ether oxygens (including phenoxy) is 1. The average Bonchev–Trinajstić information content (AvgIpc) is 2.36. The fourth-order valence-corrected chi connectivity index (χ4v) is 1.23. The molecule has 16 heavy (non-hydrogen) atoms. The molecule has 3 N–H and O–H groups in total. The van der Waals surface area contributed by atoms with Gasteiger partial charge in [-0.15, -0.1) is 0 Å². The lowest BCUT2D eigenvalue weighted by Crippen LogP contribution is -2.37. The molecule has 5 nitrogen and oxygen atoms in total. The van der Waals surface area contributed by atoms with Crippen molar-refractivity contribution < 1.29 is 14.6 Å². The van der Waals surface area contributed by atoms with E-state index in [2.05, 4.69) is 4.74 Å². The highest BCUT2D eigenvalue weighted by Crippen LogP contribution is 2.16. The fraction of sp³-hybridized carbons (Fsp3) is 0.273. The molecule has 2 atom stereocenters. The standard InChI is InChI=1S/C11H12N2O3/c1-16-11(15)9(13)10(14)8-4-2-7(6-12)3-5-8/h2-5,9-10,14H,13H2,1H3/t9-,10+/m0/s1. The summed E-state index contributed by atoms with van der Waals surface area (Å²) in [5, 5.41) is 18.3. The summed E-state index contributed by atoms with van der Waals surface area (Å²) in [5.41, 5.74) is 6.43. The molecule has 0 bridgehead atoms. The highest BCUT2D eigenvalue weighted by atomic mass is 16.5. The first-order valence-corrected chi connectivity index (χ1v) is 4.61. The minimum absolute atomic E-state index is 0.469. The van der Waals surface area contributed by atoms with E-state index in [9.17, 15) is 9.90 Å². The molecule has 0 saturated carbocycles. The second kappa shape index (κ2) is 5.26. The SMILES string of the molecule is COC(=O)[C@@H](N)[C@H](O)c1ccc(C#N)cc1. The molecule has 0 aliphatic carbocycles. The summed E-state index contributed by atoms with van der Waals surface area (Å²) in [6, 6.07) is 7.01. The van der Waals surface area contributed by atoms with Gasteiger partial charge in [-0.2, -0.15) is 5.26 Å². The maximum atomic E-state index is 11.1. The Morgan fingerprint density at radius 2 is 2.06 bits per heavy atom. The monoisotopic (exact) mass is 220 g/mol. The van der Waals surface area contributed by atoms with Crippen LogP contribution in [0.5, 0.6) is 0 Å². The highest BCUT2D eigenvalue weighted by molar-refractivity contribution is 5.76. The van der Waals surface area contributed by atoms with Crippen LogP contribution in [0.25, 0.3) is 0 Å². The Labute approximate surface area is 93.1 Å². The Balaban J connectivity index is 2.84. The Morgan fingerprint density at radius 3 is 2.50 bits per heavy atom. The van der Waals surface area contributed by atoms with Gasteiger partial charge in [0.15, 0.2) is 0 Å². The molecule has 1 rings (SSSR count). The van der Waals surface area contributed by atoms with Crippen LogP contribution in [0, 0.1) is 11.3 Å². The van der Waals surface area contributed by atoms with Crippen LogP contribution < -0.4 is 5.73 Å². The maximum Gasteiger partial charge on any atom is 0.325 e. The number of aliphatic hydroxyl groups is 1. The minimum atomic E-state index is -1.14. The lowest BCUT2D eigenvalue weighted by molar-refractivity contribution is -0.145. The van der Waals surface area contributed by atoms with Crippen molar-refractivity contribution in [3.05, 3.63) is 35.4 Å². The summed E-state index contributed by atoms with van der Waals surface area (Å²) in [5.74, 6) is -0.683. The van der Waals surface area contributed by atoms with Gasteiger partial charge in [0.1, 0.15) is 12.1 Å². The van der Waals surface area contributed by atoms with Crippen molar-refractivity contribution in [3.63, 3.8) is 0 Å². The number of esters is 1. The summed E-state index contributed by atoms with van der Waals surface area (Å²) < 4.78 is 4.42. The van der Waals surface area contributed by atoms with Crippen molar-refractivity contribution in [2.45, 2.75) is 12.1 Å². The number of benzene rings is 1. The van der Waals surface area contributed by atoms with Gasteiger partial charge in [0.2, 0.25) is 0 Å². The van der Waals surface area contributed by atoms with Crippen molar-refractivity contribution in [1.29, 1.82) is 5.26 Å². The molecule has 5 heteroatoms. The topological polar surface area (TPSA) is 96.3 Å². The van der Waals surface area contributed by atoms with E-state index in [0.717, 1.165) is 0 Å². The number of aliphatic hydroxyl groups excluding tert-OH is 1. The Morgan fingerprint density at radius 1 is 1.50 bits per heavy atom. The van der Waals surface area contributed by atoms with Crippen LogP contribution in [0.4, 0.5) is 0 Å². The molecule has 1 aromatic rings. The zero-order valence-electron chi connectivity index (χ0n) is 8.75. The Kier molecular flexibility index (Phi) is 4.00. The number of carbonyl (C=O) groups is 1. The van der Waals surface area contributed by atoms with E-state index in [0.29, 0.717) is 11.1 Å². The molecule has 0 aromatic heterocycles. The molecule has 0 spiro atoms. The second-order valence-electron chi connectivity index (χ2n) is 3.23. The van der Waals surface area contributed by atoms with Crippen LogP contribution in [0.2, 0.25) is 0 Å². The van der Waals surface area contributed by atoms with Gasteiger partial charge in [0.05, 0.1) is 18.7 Å². The van der Waals surface area contributed by atoms with E-state index in [4.69, 9.17) is 11.0 Å². The molecule has 1 aromatic carbocycles. The van der Waals surface area contributed by atoms with Crippen LogP contribution in [0.15, 0.2) is 24.3 Å². The number of nitriles is 1. The van der Waals surface area contributed by atoms with Gasteiger partial charge in [-0.3, -0.25) is 4.79 Å². The normalized spacial score (nSPS) is 13.6. The summed E-state index contributed by atoms with van der Waals surface area (Å²) >= 11 is 0. The molecule has 0 aliphatic rings. The van der Waals surface area contributed by atoms with Gasteiger partial charge in [-0.05, 0) is 17.7 Å². The lowest BCUT2D eigenvalue weighted by atomic mass is 10.0. The van der Waals surface area contributed by atoms with Crippen LogP contribution >= 0.6 is 0 Å². The van der Waals surface area contributed by atoms with Gasteiger partial charge in [0, 0.05) is 0 Å². The minimum Gasteiger partial charge on any atom is -0.468 e. The van der Waals surface area contributed by atoms with Gasteiger partial charge in [-0.25, -0.2) is 0 Å². The van der Waals surface area contributed by atoms with Crippen molar-refractivity contribution in [2.75, 3.05) is 7.11 Å². The van der Waals surface area contributed by atoms with Crippen LogP contribution in [0.3, 0.4) is 0 Å². The molecule has 0 unspecified atom stereocenters. The third kappa shape index (κ3) is 2.57. The van der Waals surface area contributed by atoms with Crippen molar-refractivity contribution in [1.82, 2.24) is 0 Å². The number of rotatable bonds is 3. The quantitative estimate of drug-likeness (QED) is 0.704. The molecule has 0 radical (unpaired) electrons. The Hall–Kier alpha value is -1.90. The van der Waals surface area contributed by atoms with Gasteiger partial charge in [-0.1, -0.05) is 12.1 Å². The average molecular weight is 220 g/mol. The van der Waals surface area contributed by atoms with E-state index in [1.54, 1.807) is 24.3 Å². The first-order chi connectivity index (χ1) is 7.60. The molecule has 0 aliphatic heterocycles. The van der Waals surface area contributed by atoms with Crippen LogP contribution in [-0.4, -0.2) is 24.2 Å². The summed E-state index contributed by atoms with van der Waals surface area (Å²) in [4.78, 5) is 11.1. The highest BCUT2D eigenvalue weighted by Gasteiger charge is 2.24. The van der Waals surface area contributed by atoms with E-state index < -0.39 is 18.1 Å². The Bertz CT molecular complexity index is 408. The lowest BCUT2D eigenvalue weighted by Gasteiger charge is -2.16. The van der Waals surface area contributed by atoms with Gasteiger partial charge < -0.3 is 15.6 Å². The molecule has 0 saturated heterocycles. The molecular weight excluding hydrogens is 208 g/mol. The van der Waals surface area contributed by atoms with Gasteiger partial charge in [0.25, 0.3) is 0 Å². The van der Waals surface area contributed by atoms with Crippen molar-refractivity contribution in [3.8, 4) is 6.07 Å². The third-order valence-electron chi connectivity index (χ3n) is 2.19. The summed E-state index contributed by atoms with van der Waals surface area (Å²) in [7, 11) is 1.20. The molecule has 0 heterocycles. The van der Waals surface area contributed by atoms with Crippen LogP contribution in [-0.2, 0) is 9.53 Å². The number of nitrogens with two attached hydrogens (primary N) is 1. The number of carbonyl (C=O) groups excluding carboxylic acids is 1. The predicted molar refractivity (Wildman–Crippen MR) is 56.1 cm³/mol. The molecule has 0 fully saturated rings. The number of hydrogen-bond donors (Lipinski definition) is 2. The molecule has 84 valence electrons. The first kappa shape index (κ1) is 12.2. The number of hydrogen-bond acceptors (Lipinski definition) is 5. The van der Waals surface area contributed by atoms with Crippen LogP contribution in [0.1, 0.15) is 17.2 Å². The van der Waals surface area contributed by atoms with E-state index in [1.165, 1.54) is 7.11 Å². The molecular formula is C11H12N2O3. The van der Waals surface area contributed by atoms with Gasteiger partial charge >= 0.3 is 5.97 Å². The number of nitrogens with zero attached hydrogens (tertiary/aromatic N) is 1. The van der Waals surface area contributed by atoms with E-state index >= 15 is 0 Å². The van der Waals surface area contributed by atoms with Crippen molar-refractivity contribution >= 4 is 5.97 Å². The fourth-order valence-electron chi connectivity index (χ4n) is 1.23. The zero-order chi connectivity index (χ0) is 12.1. The summed E-state index contributed by atoms with van der Waals surface area (Å²) in [6.45, 7) is 0. The van der Waals surface area contributed by atoms with Crippen molar-refractivity contribution in [2.24, 2.45) is 5.73 Å². The van der Waals surface area contributed by atoms with E-state index in [-0.39, 0.29) is 0 Å². The summed E-state index contributed by atoms with van der Waals surface area (Å²) in [6.07, 6.45) is -1.14. The smallest absolute Gasteiger partial charge is 0.325 e. The van der Waals surface area contributed by atoms with E-state index in [1.807, 2.05) is 6.07 Å². The first-order valence-electron chi connectivity index (χ1n) is 4.61. The molecule has 0 amide bonds.